The van der Waals surface area contributed by atoms with Gasteiger partial charge in [0.25, 0.3) is 0 Å². The van der Waals surface area contributed by atoms with Crippen LogP contribution in [0.5, 0.6) is 0 Å². The molecule has 3 aromatic heterocycles. The number of fused-ring (bicyclic) bond motifs is 6. The molecule has 6 rings (SSSR count). The van der Waals surface area contributed by atoms with Gasteiger partial charge in [0.2, 0.25) is 5.91 Å². The van der Waals surface area contributed by atoms with Crippen molar-refractivity contribution in [1.29, 1.82) is 5.41 Å². The van der Waals surface area contributed by atoms with Crippen molar-refractivity contribution < 1.29 is 18.0 Å². The molecular formula is C34H36N10O4S. The number of nitrogens with zero attached hydrogens (tertiary/aromatic N) is 7. The minimum atomic E-state index is -3.76. The summed E-state index contributed by atoms with van der Waals surface area (Å²) in [6.07, 6.45) is 3.93. The molecule has 0 aliphatic carbocycles. The van der Waals surface area contributed by atoms with E-state index in [9.17, 15) is 18.0 Å². The zero-order chi connectivity index (χ0) is 34.4. The van der Waals surface area contributed by atoms with Crippen molar-refractivity contribution in [3.63, 3.8) is 0 Å². The summed E-state index contributed by atoms with van der Waals surface area (Å²) < 4.78 is 30.1. The first kappa shape index (κ1) is 33.3. The van der Waals surface area contributed by atoms with E-state index in [0.717, 1.165) is 17.0 Å². The van der Waals surface area contributed by atoms with E-state index in [2.05, 4.69) is 25.9 Å². The van der Waals surface area contributed by atoms with Crippen molar-refractivity contribution in [2.24, 2.45) is 11.7 Å². The average Bonchev–Trinajstić information content (AvgIpc) is 3.71. The lowest BCUT2D eigenvalue weighted by atomic mass is 9.98. The van der Waals surface area contributed by atoms with Crippen LogP contribution < -0.4 is 11.1 Å². The van der Waals surface area contributed by atoms with E-state index in [1.54, 1.807) is 76.4 Å². The molecule has 2 atom stereocenters. The van der Waals surface area contributed by atoms with E-state index in [1.165, 1.54) is 0 Å². The van der Waals surface area contributed by atoms with Crippen LogP contribution in [-0.4, -0.2) is 72.7 Å². The predicted molar refractivity (Wildman–Crippen MR) is 180 cm³/mol. The second-order valence-corrected chi connectivity index (χ2v) is 14.3. The maximum absolute atomic E-state index is 14.0. The van der Waals surface area contributed by atoms with Crippen molar-refractivity contribution in [3.05, 3.63) is 125 Å². The first-order valence-electron chi connectivity index (χ1n) is 15.8. The zero-order valence-electron chi connectivity index (χ0n) is 26.6. The van der Waals surface area contributed by atoms with Gasteiger partial charge in [0.15, 0.2) is 15.6 Å². The van der Waals surface area contributed by atoms with Crippen LogP contribution in [0.1, 0.15) is 45.9 Å². The number of aromatic nitrogens is 7. The number of pyridine rings is 1. The highest BCUT2D eigenvalue weighted by molar-refractivity contribution is 7.90. The maximum Gasteiger partial charge on any atom is 0.225 e. The van der Waals surface area contributed by atoms with Crippen LogP contribution in [-0.2, 0) is 57.5 Å². The molecule has 49 heavy (non-hydrogen) atoms. The summed E-state index contributed by atoms with van der Waals surface area (Å²) in [5, 5.41) is 27.4. The highest BCUT2D eigenvalue weighted by Crippen LogP contribution is 2.17. The Balaban J connectivity index is 1.29. The number of rotatable bonds is 9. The largest absolute Gasteiger partial charge is 0.384 e. The second-order valence-electron chi connectivity index (χ2n) is 12.2. The summed E-state index contributed by atoms with van der Waals surface area (Å²) in [4.78, 5) is 32.5. The van der Waals surface area contributed by atoms with Gasteiger partial charge in [-0.25, -0.2) is 17.8 Å². The molecule has 0 radical (unpaired) electrons. The highest BCUT2D eigenvalue weighted by atomic mass is 32.2. The van der Waals surface area contributed by atoms with Crippen LogP contribution in [0.15, 0.2) is 85.2 Å². The normalized spacial score (nSPS) is 16.8. The number of benzene rings is 2. The van der Waals surface area contributed by atoms with Crippen LogP contribution >= 0.6 is 0 Å². The third-order valence-corrected chi connectivity index (χ3v) is 9.92. The number of hydrogen-bond donors (Lipinski definition) is 3. The molecule has 14 nitrogen and oxygen atoms in total. The smallest absolute Gasteiger partial charge is 0.225 e. The third-order valence-electron chi connectivity index (χ3n) is 8.24. The Morgan fingerprint density at radius 3 is 2.10 bits per heavy atom. The van der Waals surface area contributed by atoms with Gasteiger partial charge in [-0.1, -0.05) is 71.1 Å². The number of carbonyl (C=O) groups excluding carboxylic acids is 2. The molecule has 1 aliphatic heterocycles. The minimum absolute atomic E-state index is 0.00703. The molecule has 5 aromatic rings. The fraction of sp³-hybridized carbons (Fsp3) is 0.294. The molecule has 0 spiro atoms. The lowest BCUT2D eigenvalue weighted by Gasteiger charge is -2.21. The number of carbonyl (C=O) groups is 2. The van der Waals surface area contributed by atoms with Crippen LogP contribution in [0.3, 0.4) is 0 Å². The number of amidine groups is 1. The van der Waals surface area contributed by atoms with Crippen molar-refractivity contribution in [2.45, 2.75) is 50.6 Å². The Hall–Kier alpha value is -5.57. The number of nitrogens with two attached hydrogens (primary N) is 1. The van der Waals surface area contributed by atoms with Gasteiger partial charge in [-0.3, -0.25) is 20.0 Å². The summed E-state index contributed by atoms with van der Waals surface area (Å²) in [5.41, 5.74) is 10.0. The summed E-state index contributed by atoms with van der Waals surface area (Å²) in [5.74, 6) is -2.63. The van der Waals surface area contributed by atoms with Gasteiger partial charge >= 0.3 is 0 Å². The lowest BCUT2D eigenvalue weighted by molar-refractivity contribution is -0.129. The standard InChI is InChI=1S/C34H36N10O4S/c35-33(36)25-12-9-23(10-13-25)11-14-32(45)31-16-30-20-44(42-40-30)18-28-8-4-7-27(37-28)17-43-19-29(39-41-43)15-26(34(46)38-31)22-49(47,48)21-24-5-2-1-3-6-24/h1-10,12-13,19-20,26,31H,11,14-18,21-22H2,(H3,35,36)(H,38,46)/t26-,31-/m0/s1. The van der Waals surface area contributed by atoms with Gasteiger partial charge in [-0.15, -0.1) is 10.2 Å². The Bertz CT molecular complexity index is 2060. The Labute approximate surface area is 283 Å². The molecule has 15 heteroatoms. The van der Waals surface area contributed by atoms with E-state index < -0.39 is 33.5 Å². The minimum Gasteiger partial charge on any atom is -0.384 e. The number of nitrogens with one attached hydrogen (secondary N) is 2. The summed E-state index contributed by atoms with van der Waals surface area (Å²) >= 11 is 0. The molecule has 1 amide bonds. The fourth-order valence-corrected chi connectivity index (χ4v) is 7.47. The van der Waals surface area contributed by atoms with Gasteiger partial charge in [0.05, 0.1) is 59.3 Å². The van der Waals surface area contributed by atoms with Crippen molar-refractivity contribution in [3.8, 4) is 0 Å². The fourth-order valence-electron chi connectivity index (χ4n) is 5.77. The summed E-state index contributed by atoms with van der Waals surface area (Å²) in [6.45, 7) is 0.659. The number of nitrogen functional groups attached to an aromatic ring is 1. The van der Waals surface area contributed by atoms with E-state index in [4.69, 9.17) is 16.1 Å². The second kappa shape index (κ2) is 14.7. The Morgan fingerprint density at radius 2 is 1.47 bits per heavy atom. The molecule has 0 saturated carbocycles. The summed E-state index contributed by atoms with van der Waals surface area (Å²) in [6, 6.07) is 20.5. The molecule has 0 fully saturated rings. The number of hydrogen-bond acceptors (Lipinski definition) is 10. The highest BCUT2D eigenvalue weighted by Gasteiger charge is 2.31. The van der Waals surface area contributed by atoms with E-state index >= 15 is 0 Å². The molecule has 1 aliphatic rings. The van der Waals surface area contributed by atoms with E-state index in [1.807, 2.05) is 18.2 Å². The van der Waals surface area contributed by atoms with Gasteiger partial charge in [-0.2, -0.15) is 0 Å². The van der Waals surface area contributed by atoms with E-state index in [-0.39, 0.29) is 36.6 Å². The van der Waals surface area contributed by atoms with E-state index in [0.29, 0.717) is 42.0 Å². The average molecular weight is 681 g/mol. The Morgan fingerprint density at radius 1 is 0.837 bits per heavy atom. The number of aryl methyl sites for hydroxylation is 1. The molecular weight excluding hydrogens is 645 g/mol. The number of amides is 1. The van der Waals surface area contributed by atoms with Crippen LogP contribution in [0, 0.1) is 11.3 Å². The van der Waals surface area contributed by atoms with Crippen LogP contribution in [0.4, 0.5) is 0 Å². The number of ketones is 1. The molecule has 4 heterocycles. The SMILES string of the molecule is N=C(N)c1ccc(CCC(=O)[C@@H]2Cc3cn(nn3)Cc3cccc(n3)Cn3cc(nn3)C[C@@H](CS(=O)(=O)Cc3ccccc3)C(=O)N2)cc1. The maximum atomic E-state index is 14.0. The van der Waals surface area contributed by atoms with Crippen LogP contribution in [0.2, 0.25) is 0 Å². The van der Waals surface area contributed by atoms with Crippen LogP contribution in [0.25, 0.3) is 0 Å². The van der Waals surface area contributed by atoms with Crippen molar-refractivity contribution in [1.82, 2.24) is 40.3 Å². The molecule has 6 bridgehead atoms. The number of Topliss-reactive ketones (excluding diaryl/α,β-unsaturated/α-hetero) is 1. The molecule has 2 aromatic carbocycles. The molecule has 0 saturated heterocycles. The zero-order valence-corrected chi connectivity index (χ0v) is 27.5. The van der Waals surface area contributed by atoms with Crippen molar-refractivity contribution in [2.75, 3.05) is 5.75 Å². The van der Waals surface area contributed by atoms with Gasteiger partial charge in [0, 0.05) is 37.2 Å². The van der Waals surface area contributed by atoms with Crippen molar-refractivity contribution >= 4 is 27.4 Å². The summed E-state index contributed by atoms with van der Waals surface area (Å²) in [7, 11) is -3.76. The monoisotopic (exact) mass is 680 g/mol. The molecule has 252 valence electrons. The topological polar surface area (TPSA) is 204 Å². The lowest BCUT2D eigenvalue weighted by Crippen LogP contribution is -2.47. The number of sulfone groups is 1. The Kier molecular flexibility index (Phi) is 9.99. The first-order chi connectivity index (χ1) is 23.6. The predicted octanol–water partition coefficient (Wildman–Crippen LogP) is 1.66. The molecule has 0 unspecified atom stereocenters. The first-order valence-corrected chi connectivity index (χ1v) is 17.6. The van der Waals surface area contributed by atoms with Gasteiger partial charge < -0.3 is 11.1 Å². The van der Waals surface area contributed by atoms with Gasteiger partial charge in [0.1, 0.15) is 5.84 Å². The quantitative estimate of drug-likeness (QED) is 0.152. The third kappa shape index (κ3) is 9.07. The van der Waals surface area contributed by atoms with Gasteiger partial charge in [-0.05, 0) is 29.7 Å². The molecule has 4 N–H and O–H groups in total.